The minimum atomic E-state index is -1.45. The fraction of sp³-hybridized carbons (Fsp3) is 0. The average Bonchev–Trinajstić information content (AvgIpc) is 2.32. The van der Waals surface area contributed by atoms with Crippen LogP contribution < -0.4 is 0 Å². The van der Waals surface area contributed by atoms with Crippen LogP contribution in [0.1, 0.15) is 10.4 Å². The molecule has 0 radical (unpaired) electrons. The van der Waals surface area contributed by atoms with Crippen LogP contribution in [0.15, 0.2) is 36.4 Å². The molecule has 0 atom stereocenters. The predicted octanol–water partition coefficient (Wildman–Crippen LogP) is 3.04. The van der Waals surface area contributed by atoms with Gasteiger partial charge in [0.2, 0.25) is 0 Å². The summed E-state index contributed by atoms with van der Waals surface area (Å²) in [7, 11) is 0. The van der Waals surface area contributed by atoms with Crippen LogP contribution in [0.5, 0.6) is 5.75 Å². The number of carboxylic acid groups (broad SMARTS) is 1. The summed E-state index contributed by atoms with van der Waals surface area (Å²) in [6.07, 6.45) is 0. The summed E-state index contributed by atoms with van der Waals surface area (Å²) in [6.45, 7) is 0. The Morgan fingerprint density at radius 1 is 1.06 bits per heavy atom. The van der Waals surface area contributed by atoms with E-state index in [1.807, 2.05) is 0 Å². The molecule has 5 heteroatoms. The van der Waals surface area contributed by atoms with Gasteiger partial charge >= 0.3 is 5.97 Å². The van der Waals surface area contributed by atoms with E-state index in [1.165, 1.54) is 18.2 Å². The van der Waals surface area contributed by atoms with Gasteiger partial charge < -0.3 is 10.2 Å². The van der Waals surface area contributed by atoms with Gasteiger partial charge in [0.05, 0.1) is 0 Å². The monoisotopic (exact) mass is 250 g/mol. The lowest BCUT2D eigenvalue weighted by atomic mass is 10.0. The number of aromatic hydroxyl groups is 1. The summed E-state index contributed by atoms with van der Waals surface area (Å²) in [5.74, 6) is -3.96. The molecule has 0 spiro atoms. The molecule has 2 aromatic carbocycles. The summed E-state index contributed by atoms with van der Waals surface area (Å²) >= 11 is 0. The molecule has 0 aliphatic rings. The molecule has 0 saturated heterocycles. The average molecular weight is 250 g/mol. The summed E-state index contributed by atoms with van der Waals surface area (Å²) in [5, 5.41) is 18.1. The Hall–Kier alpha value is -2.43. The Morgan fingerprint density at radius 2 is 1.78 bits per heavy atom. The highest BCUT2D eigenvalue weighted by atomic mass is 19.1. The van der Waals surface area contributed by atoms with Crippen LogP contribution in [-0.2, 0) is 0 Å². The Labute approximate surface area is 101 Å². The van der Waals surface area contributed by atoms with E-state index in [0.717, 1.165) is 18.2 Å². The molecule has 2 aromatic rings. The molecular weight excluding hydrogens is 242 g/mol. The third-order valence-electron chi connectivity index (χ3n) is 2.45. The first-order valence-corrected chi connectivity index (χ1v) is 5.01. The standard InChI is InChI=1S/C13H8F2O3/c14-9-3-1-2-7(4-9)8-5-10(13(17)18)12(16)11(15)6-8/h1-6,16H,(H,17,18). The van der Waals surface area contributed by atoms with Crippen LogP contribution in [0.4, 0.5) is 8.78 Å². The summed E-state index contributed by atoms with van der Waals surface area (Å²) in [6, 6.07) is 7.36. The Morgan fingerprint density at radius 3 is 2.39 bits per heavy atom. The first-order valence-electron chi connectivity index (χ1n) is 5.01. The van der Waals surface area contributed by atoms with E-state index in [1.54, 1.807) is 0 Å². The molecule has 92 valence electrons. The highest BCUT2D eigenvalue weighted by Gasteiger charge is 2.16. The number of benzene rings is 2. The molecule has 3 nitrogen and oxygen atoms in total. The Kier molecular flexibility index (Phi) is 2.97. The quantitative estimate of drug-likeness (QED) is 0.861. The molecule has 2 rings (SSSR count). The number of phenols is 1. The van der Waals surface area contributed by atoms with E-state index in [0.29, 0.717) is 5.56 Å². The van der Waals surface area contributed by atoms with Gasteiger partial charge in [-0.1, -0.05) is 12.1 Å². The van der Waals surface area contributed by atoms with Gasteiger partial charge in [0, 0.05) is 0 Å². The van der Waals surface area contributed by atoms with Crippen molar-refractivity contribution < 1.29 is 23.8 Å². The number of carbonyl (C=O) groups is 1. The lowest BCUT2D eigenvalue weighted by molar-refractivity contribution is 0.0693. The predicted molar refractivity (Wildman–Crippen MR) is 60.4 cm³/mol. The summed E-state index contributed by atoms with van der Waals surface area (Å²) < 4.78 is 26.4. The van der Waals surface area contributed by atoms with E-state index < -0.39 is 28.9 Å². The van der Waals surface area contributed by atoms with Crippen molar-refractivity contribution in [1.82, 2.24) is 0 Å². The maximum atomic E-state index is 13.4. The first-order chi connectivity index (χ1) is 8.49. The smallest absolute Gasteiger partial charge is 0.339 e. The van der Waals surface area contributed by atoms with Crippen LogP contribution in [-0.4, -0.2) is 16.2 Å². The number of rotatable bonds is 2. The van der Waals surface area contributed by atoms with E-state index in [4.69, 9.17) is 5.11 Å². The largest absolute Gasteiger partial charge is 0.504 e. The van der Waals surface area contributed by atoms with Gasteiger partial charge in [-0.05, 0) is 35.4 Å². The zero-order chi connectivity index (χ0) is 13.3. The van der Waals surface area contributed by atoms with Gasteiger partial charge in [0.1, 0.15) is 11.4 Å². The minimum Gasteiger partial charge on any atom is -0.504 e. The molecular formula is C13H8F2O3. The Balaban J connectivity index is 2.63. The zero-order valence-corrected chi connectivity index (χ0v) is 9.02. The maximum absolute atomic E-state index is 13.4. The Bertz CT molecular complexity index is 624. The second kappa shape index (κ2) is 4.44. The molecule has 0 unspecified atom stereocenters. The molecule has 0 aliphatic heterocycles. The lowest BCUT2D eigenvalue weighted by Crippen LogP contribution is -1.99. The molecule has 2 N–H and O–H groups in total. The van der Waals surface area contributed by atoms with E-state index in [9.17, 15) is 18.7 Å². The van der Waals surface area contributed by atoms with Crippen LogP contribution in [0.2, 0.25) is 0 Å². The van der Waals surface area contributed by atoms with Crippen molar-refractivity contribution in [2.45, 2.75) is 0 Å². The topological polar surface area (TPSA) is 57.5 Å². The van der Waals surface area contributed by atoms with Gasteiger partial charge in [0.15, 0.2) is 11.6 Å². The van der Waals surface area contributed by atoms with Crippen molar-refractivity contribution in [3.8, 4) is 16.9 Å². The summed E-state index contributed by atoms with van der Waals surface area (Å²) in [5.41, 5.74) is -0.0483. The summed E-state index contributed by atoms with van der Waals surface area (Å²) in [4.78, 5) is 10.8. The van der Waals surface area contributed by atoms with Crippen LogP contribution in [0, 0.1) is 11.6 Å². The fourth-order valence-corrected chi connectivity index (χ4v) is 1.60. The first kappa shape index (κ1) is 12.0. The molecule has 18 heavy (non-hydrogen) atoms. The molecule has 0 saturated carbocycles. The second-order valence-electron chi connectivity index (χ2n) is 3.67. The van der Waals surface area contributed by atoms with Crippen LogP contribution in [0.25, 0.3) is 11.1 Å². The van der Waals surface area contributed by atoms with Gasteiger partial charge in [-0.15, -0.1) is 0 Å². The van der Waals surface area contributed by atoms with Crippen molar-refractivity contribution >= 4 is 5.97 Å². The van der Waals surface area contributed by atoms with Crippen LogP contribution >= 0.6 is 0 Å². The third-order valence-corrected chi connectivity index (χ3v) is 2.45. The lowest BCUT2D eigenvalue weighted by Gasteiger charge is -2.06. The van der Waals surface area contributed by atoms with Crippen molar-refractivity contribution in [3.63, 3.8) is 0 Å². The SMILES string of the molecule is O=C(O)c1cc(-c2cccc(F)c2)cc(F)c1O. The number of aromatic carboxylic acids is 1. The molecule has 0 aromatic heterocycles. The number of carboxylic acids is 1. The molecule has 0 fully saturated rings. The third kappa shape index (κ3) is 2.15. The van der Waals surface area contributed by atoms with Crippen LogP contribution in [0.3, 0.4) is 0 Å². The minimum absolute atomic E-state index is 0.183. The van der Waals surface area contributed by atoms with Crippen molar-refractivity contribution in [2.24, 2.45) is 0 Å². The van der Waals surface area contributed by atoms with Crippen molar-refractivity contribution in [1.29, 1.82) is 0 Å². The van der Waals surface area contributed by atoms with Crippen molar-refractivity contribution in [2.75, 3.05) is 0 Å². The van der Waals surface area contributed by atoms with E-state index >= 15 is 0 Å². The van der Waals surface area contributed by atoms with Gasteiger partial charge in [-0.2, -0.15) is 0 Å². The highest BCUT2D eigenvalue weighted by Crippen LogP contribution is 2.29. The maximum Gasteiger partial charge on any atom is 0.339 e. The molecule has 0 heterocycles. The highest BCUT2D eigenvalue weighted by molar-refractivity contribution is 5.92. The zero-order valence-electron chi connectivity index (χ0n) is 9.02. The number of halogens is 2. The number of hydrogen-bond donors (Lipinski definition) is 2. The molecule has 0 amide bonds. The fourth-order valence-electron chi connectivity index (χ4n) is 1.60. The number of hydrogen-bond acceptors (Lipinski definition) is 2. The molecule has 0 aliphatic carbocycles. The van der Waals surface area contributed by atoms with E-state index in [-0.39, 0.29) is 5.56 Å². The van der Waals surface area contributed by atoms with Gasteiger partial charge in [-0.25, -0.2) is 13.6 Å². The normalized spacial score (nSPS) is 10.3. The van der Waals surface area contributed by atoms with E-state index in [2.05, 4.69) is 0 Å². The van der Waals surface area contributed by atoms with Crippen molar-refractivity contribution in [3.05, 3.63) is 53.6 Å². The van der Waals surface area contributed by atoms with Gasteiger partial charge in [0.25, 0.3) is 0 Å². The molecule has 0 bridgehead atoms. The second-order valence-corrected chi connectivity index (χ2v) is 3.67. The van der Waals surface area contributed by atoms with Gasteiger partial charge in [-0.3, -0.25) is 0 Å².